The Morgan fingerprint density at radius 2 is 1.74 bits per heavy atom. The fourth-order valence-electron chi connectivity index (χ4n) is 5.75. The predicted molar refractivity (Wildman–Crippen MR) is 148 cm³/mol. The number of Topliss-reactive ketones (excluding diaryl/α,β-unsaturated/α-hetero) is 1. The quantitative estimate of drug-likeness (QED) is 0.213. The number of morpholine rings is 1. The summed E-state index contributed by atoms with van der Waals surface area (Å²) in [6, 6.07) is 12.7. The van der Waals surface area contributed by atoms with E-state index in [0.717, 1.165) is 10.9 Å². The van der Waals surface area contributed by atoms with Crippen LogP contribution in [0.1, 0.15) is 28.4 Å². The van der Waals surface area contributed by atoms with Gasteiger partial charge in [0.25, 0.3) is 11.8 Å². The van der Waals surface area contributed by atoms with Crippen molar-refractivity contribution in [3.63, 3.8) is 0 Å². The molecule has 0 spiro atoms. The molecule has 2 aliphatic heterocycles. The van der Waals surface area contributed by atoms with Crippen LogP contribution in [-0.2, 0) is 20.9 Å². The zero-order valence-corrected chi connectivity index (χ0v) is 21.5. The van der Waals surface area contributed by atoms with Crippen molar-refractivity contribution in [2.24, 2.45) is 0 Å². The van der Waals surface area contributed by atoms with E-state index in [1.165, 1.54) is 6.92 Å². The molecule has 10 heteroatoms. The maximum atomic E-state index is 13.3. The number of ether oxygens (including phenoxy) is 1. The molecular weight excluding hydrogens is 498 g/mol. The number of rotatable bonds is 7. The summed E-state index contributed by atoms with van der Waals surface area (Å²) in [5, 5.41) is 14.9. The first-order valence-electron chi connectivity index (χ1n) is 12.9. The van der Waals surface area contributed by atoms with Gasteiger partial charge in [0.15, 0.2) is 5.78 Å². The van der Waals surface area contributed by atoms with E-state index in [4.69, 9.17) is 10.5 Å². The number of nitrogen functional groups attached to an aromatic ring is 1. The molecule has 1 unspecified atom stereocenters. The summed E-state index contributed by atoms with van der Waals surface area (Å²) in [4.78, 5) is 44.5. The summed E-state index contributed by atoms with van der Waals surface area (Å²) in [7, 11) is 0. The number of hydrogen-bond acceptors (Lipinski definition) is 7. The minimum atomic E-state index is -0.796. The lowest BCUT2D eigenvalue weighted by molar-refractivity contribution is -0.122. The minimum absolute atomic E-state index is 0.106. The minimum Gasteiger partial charge on any atom is -0.390 e. The van der Waals surface area contributed by atoms with Crippen LogP contribution in [0.25, 0.3) is 33.0 Å². The molecule has 5 N–H and O–H groups in total. The van der Waals surface area contributed by atoms with Gasteiger partial charge in [0.1, 0.15) is 5.82 Å². The number of carbonyl (C=O) groups is 3. The highest BCUT2D eigenvalue weighted by Gasteiger charge is 2.37. The number of carbonyl (C=O) groups excluding carboxylic acids is 3. The van der Waals surface area contributed by atoms with Gasteiger partial charge in [-0.1, -0.05) is 30.3 Å². The number of aromatic nitrogens is 2. The molecule has 4 heterocycles. The van der Waals surface area contributed by atoms with Gasteiger partial charge in [-0.2, -0.15) is 0 Å². The Hall–Kier alpha value is -4.25. The van der Waals surface area contributed by atoms with Crippen LogP contribution in [0, 0.1) is 0 Å². The summed E-state index contributed by atoms with van der Waals surface area (Å²) < 4.78 is 7.10. The second-order valence-corrected chi connectivity index (χ2v) is 9.98. The monoisotopic (exact) mass is 527 g/mol. The molecule has 6 rings (SSSR count). The van der Waals surface area contributed by atoms with Crippen LogP contribution in [0.15, 0.2) is 48.7 Å². The molecule has 39 heavy (non-hydrogen) atoms. The smallest absolute Gasteiger partial charge is 0.259 e. The number of benzene rings is 2. The lowest BCUT2D eigenvalue weighted by Crippen LogP contribution is -2.42. The van der Waals surface area contributed by atoms with Crippen molar-refractivity contribution in [1.82, 2.24) is 19.8 Å². The third kappa shape index (κ3) is 4.22. The summed E-state index contributed by atoms with van der Waals surface area (Å²) in [5.41, 5.74) is 9.84. The molecule has 10 nitrogen and oxygen atoms in total. The van der Waals surface area contributed by atoms with Crippen molar-refractivity contribution in [1.29, 1.82) is 0 Å². The van der Waals surface area contributed by atoms with Crippen LogP contribution < -0.4 is 11.1 Å². The zero-order chi connectivity index (χ0) is 27.3. The molecule has 1 saturated heterocycles. The van der Waals surface area contributed by atoms with Crippen molar-refractivity contribution in [2.45, 2.75) is 19.6 Å². The Balaban J connectivity index is 1.55. The summed E-state index contributed by atoms with van der Waals surface area (Å²) in [6.45, 7) is 4.62. The normalized spacial score (nSPS) is 17.4. The molecule has 2 aromatic carbocycles. The van der Waals surface area contributed by atoms with Crippen LogP contribution in [0.4, 0.5) is 5.82 Å². The van der Waals surface area contributed by atoms with Gasteiger partial charge in [-0.05, 0) is 19.1 Å². The Bertz CT molecular complexity index is 1670. The predicted octanol–water partition coefficient (Wildman–Crippen LogP) is 2.17. The van der Waals surface area contributed by atoms with Crippen LogP contribution in [0.5, 0.6) is 0 Å². The molecule has 0 bridgehead atoms. The van der Waals surface area contributed by atoms with E-state index in [1.54, 1.807) is 29.0 Å². The fraction of sp³-hybridized carbons (Fsp3) is 0.276. The van der Waals surface area contributed by atoms with Gasteiger partial charge in [0.05, 0.1) is 42.5 Å². The number of hydrogen-bond donors (Lipinski definition) is 4. The number of nitrogens with zero attached hydrogens (tertiary/aromatic N) is 2. The topological polar surface area (TPSA) is 143 Å². The van der Waals surface area contributed by atoms with E-state index >= 15 is 0 Å². The maximum Gasteiger partial charge on any atom is 0.259 e. The second-order valence-electron chi connectivity index (χ2n) is 9.98. The number of fused-ring (bicyclic) bond motifs is 2. The van der Waals surface area contributed by atoms with Gasteiger partial charge in [0.2, 0.25) is 0 Å². The summed E-state index contributed by atoms with van der Waals surface area (Å²) >= 11 is 0. The van der Waals surface area contributed by atoms with Gasteiger partial charge in [-0.15, -0.1) is 0 Å². The van der Waals surface area contributed by atoms with Crippen molar-refractivity contribution in [2.75, 3.05) is 38.6 Å². The maximum absolute atomic E-state index is 13.3. The van der Waals surface area contributed by atoms with Gasteiger partial charge < -0.3 is 25.1 Å². The van der Waals surface area contributed by atoms with Crippen LogP contribution in [-0.4, -0.2) is 76.1 Å². The van der Waals surface area contributed by atoms with Crippen molar-refractivity contribution >= 4 is 56.4 Å². The molecule has 2 amide bonds. The summed E-state index contributed by atoms with van der Waals surface area (Å²) in [5.74, 6) is -1.05. The first kappa shape index (κ1) is 25.1. The molecule has 1 fully saturated rings. The van der Waals surface area contributed by atoms with E-state index < -0.39 is 17.9 Å². The number of para-hydroxylation sites is 2. The largest absolute Gasteiger partial charge is 0.390 e. The number of aliphatic hydroxyl groups is 1. The van der Waals surface area contributed by atoms with Crippen LogP contribution in [0.2, 0.25) is 0 Å². The average Bonchev–Trinajstić information content (AvgIpc) is 3.55. The van der Waals surface area contributed by atoms with E-state index in [2.05, 4.69) is 15.2 Å². The standard InChI is InChI=1S/C29H29N5O5/c1-16(35)18-6-4-7-20-23(27(30)34(26(18)20)15-17(36)14-33-9-11-39-12-10-33)25-24(28(37)32-29(25)38)21-13-31-22-8-3-2-5-19(21)22/h2-8,13,17,31,36H,9-12,14-15,30H2,1H3,(H,32,37,38). The zero-order valence-electron chi connectivity index (χ0n) is 21.5. The van der Waals surface area contributed by atoms with E-state index in [1.807, 2.05) is 24.3 Å². The first-order chi connectivity index (χ1) is 18.8. The van der Waals surface area contributed by atoms with Gasteiger partial charge in [-0.25, -0.2) is 0 Å². The molecular formula is C29H29N5O5. The number of β-amino-alcohol motifs (C(OH)–C–C–N with tert-alkyl or cyclic N) is 1. The molecule has 4 aromatic rings. The van der Waals surface area contributed by atoms with Crippen molar-refractivity contribution in [3.8, 4) is 0 Å². The highest BCUT2D eigenvalue weighted by molar-refractivity contribution is 6.51. The Morgan fingerprint density at radius 3 is 2.51 bits per heavy atom. The van der Waals surface area contributed by atoms with Gasteiger partial charge in [0, 0.05) is 58.8 Å². The highest BCUT2D eigenvalue weighted by Crippen LogP contribution is 2.42. The van der Waals surface area contributed by atoms with Crippen LogP contribution >= 0.6 is 0 Å². The Labute approximate surface area is 224 Å². The first-order valence-corrected chi connectivity index (χ1v) is 12.9. The molecule has 0 radical (unpaired) electrons. The van der Waals surface area contributed by atoms with Crippen LogP contribution in [0.3, 0.4) is 0 Å². The van der Waals surface area contributed by atoms with Crippen molar-refractivity contribution in [3.05, 3.63) is 65.4 Å². The molecule has 1 atom stereocenters. The molecule has 200 valence electrons. The number of amides is 2. The molecule has 0 aliphatic carbocycles. The second kappa shape index (κ2) is 9.81. The number of aromatic amines is 1. The number of nitrogens with one attached hydrogen (secondary N) is 2. The molecule has 2 aliphatic rings. The number of anilines is 1. The molecule has 0 saturated carbocycles. The average molecular weight is 528 g/mol. The highest BCUT2D eigenvalue weighted by atomic mass is 16.5. The van der Waals surface area contributed by atoms with Crippen molar-refractivity contribution < 1.29 is 24.2 Å². The lowest BCUT2D eigenvalue weighted by Gasteiger charge is -2.29. The van der Waals surface area contributed by atoms with Gasteiger partial charge >= 0.3 is 0 Å². The van der Waals surface area contributed by atoms with E-state index in [9.17, 15) is 19.5 Å². The summed E-state index contributed by atoms with van der Waals surface area (Å²) in [6.07, 6.45) is 0.913. The number of ketones is 1. The molecule has 2 aromatic heterocycles. The third-order valence-electron chi connectivity index (χ3n) is 7.51. The number of aliphatic hydroxyl groups excluding tert-OH is 1. The van der Waals surface area contributed by atoms with E-state index in [0.29, 0.717) is 60.4 Å². The third-order valence-corrected chi connectivity index (χ3v) is 7.51. The lowest BCUT2D eigenvalue weighted by atomic mass is 9.94. The SMILES string of the molecule is CC(=O)c1cccc2c(C3=C(c4c[nH]c5ccccc45)C(=O)NC3=O)c(N)n(CC(O)CN3CCOCC3)c12. The fourth-order valence-corrected chi connectivity index (χ4v) is 5.75. The Kier molecular flexibility index (Phi) is 6.30. The van der Waals surface area contributed by atoms with Gasteiger partial charge in [-0.3, -0.25) is 24.6 Å². The van der Waals surface area contributed by atoms with E-state index in [-0.39, 0.29) is 29.3 Å². The number of H-pyrrole nitrogens is 1. The number of imide groups is 1. The Morgan fingerprint density at radius 1 is 1.03 bits per heavy atom. The number of nitrogens with two attached hydrogens (primary N) is 1.